The van der Waals surface area contributed by atoms with Crippen molar-refractivity contribution in [3.8, 4) is 0 Å². The summed E-state index contributed by atoms with van der Waals surface area (Å²) in [6.45, 7) is 6.32. The molecular weight excluding hydrogens is 544 g/mol. The predicted octanol–water partition coefficient (Wildman–Crippen LogP) is -0.0597. The summed E-state index contributed by atoms with van der Waals surface area (Å²) in [4.78, 5) is 79.9. The van der Waals surface area contributed by atoms with E-state index >= 15 is 0 Å². The molecule has 0 saturated carbocycles. The van der Waals surface area contributed by atoms with Gasteiger partial charge in [-0.15, -0.1) is 0 Å². The molecule has 42 heavy (non-hydrogen) atoms. The van der Waals surface area contributed by atoms with Gasteiger partial charge in [-0.1, -0.05) is 44.2 Å². The Morgan fingerprint density at radius 3 is 2.31 bits per heavy atom. The molecule has 2 saturated heterocycles. The maximum Gasteiger partial charge on any atom is 0.410 e. The van der Waals surface area contributed by atoms with Crippen molar-refractivity contribution in [2.45, 2.75) is 64.6 Å². The Bertz CT molecular complexity index is 1130. The summed E-state index contributed by atoms with van der Waals surface area (Å²) in [5, 5.41) is 11.0. The van der Waals surface area contributed by atoms with E-state index in [1.807, 2.05) is 30.3 Å². The number of cyclic esters (lactones) is 1. The van der Waals surface area contributed by atoms with Crippen LogP contribution in [0.15, 0.2) is 30.3 Å². The number of nitrogens with one attached hydrogen (secondary N) is 4. The second-order valence-electron chi connectivity index (χ2n) is 10.9. The van der Waals surface area contributed by atoms with E-state index < -0.39 is 36.0 Å². The number of amides is 6. The normalized spacial score (nSPS) is 23.7. The molecule has 2 aliphatic heterocycles. The van der Waals surface area contributed by atoms with E-state index in [1.54, 1.807) is 18.7 Å². The van der Waals surface area contributed by atoms with Gasteiger partial charge in [0.2, 0.25) is 29.5 Å². The third kappa shape index (κ3) is 9.74. The molecule has 13 heteroatoms. The number of hydrogen-bond donors (Lipinski definition) is 4. The molecule has 2 fully saturated rings. The molecule has 0 spiro atoms. The van der Waals surface area contributed by atoms with Crippen LogP contribution < -0.4 is 21.3 Å². The Labute approximate surface area is 246 Å². The van der Waals surface area contributed by atoms with Gasteiger partial charge in [-0.25, -0.2) is 4.79 Å². The van der Waals surface area contributed by atoms with Crippen molar-refractivity contribution >= 4 is 35.6 Å². The number of carbonyl (C=O) groups excluding carboxylic acids is 6. The van der Waals surface area contributed by atoms with Gasteiger partial charge in [0.05, 0.1) is 6.54 Å². The monoisotopic (exact) mass is 586 g/mol. The molecule has 0 radical (unpaired) electrons. The van der Waals surface area contributed by atoms with Gasteiger partial charge < -0.3 is 30.9 Å². The molecule has 1 aromatic carbocycles. The van der Waals surface area contributed by atoms with Crippen LogP contribution in [0, 0.1) is 5.92 Å². The summed E-state index contributed by atoms with van der Waals surface area (Å²) in [5.41, 5.74) is 0.825. The van der Waals surface area contributed by atoms with Gasteiger partial charge in [0, 0.05) is 32.5 Å². The average molecular weight is 587 g/mol. The third-order valence-corrected chi connectivity index (χ3v) is 7.19. The van der Waals surface area contributed by atoms with Gasteiger partial charge >= 0.3 is 6.09 Å². The number of ether oxygens (including phenoxy) is 1. The van der Waals surface area contributed by atoms with E-state index in [2.05, 4.69) is 21.3 Å². The van der Waals surface area contributed by atoms with E-state index in [-0.39, 0.29) is 62.7 Å². The van der Waals surface area contributed by atoms with Gasteiger partial charge in [0.1, 0.15) is 31.3 Å². The van der Waals surface area contributed by atoms with Crippen LogP contribution in [0.5, 0.6) is 0 Å². The fraction of sp³-hybridized carbons (Fsp3) is 0.586. The van der Waals surface area contributed by atoms with Crippen molar-refractivity contribution in [2.75, 3.05) is 39.3 Å². The highest BCUT2D eigenvalue weighted by atomic mass is 16.6. The first-order valence-corrected chi connectivity index (χ1v) is 14.5. The number of carbonyl (C=O) groups is 6. The van der Waals surface area contributed by atoms with E-state index in [0.29, 0.717) is 25.9 Å². The molecule has 0 unspecified atom stereocenters. The third-order valence-electron chi connectivity index (χ3n) is 7.19. The second kappa shape index (κ2) is 15.7. The first-order chi connectivity index (χ1) is 20.0. The SMILES string of the molecule is CC(C)[C@H]1NC(=O)[C@@H](C)NC(=O)[C@H](Cc2ccccc2)NC(=O)CCCN(C(=O)CN2CCOC2=O)CCCNC1=O. The topological polar surface area (TPSA) is 166 Å². The molecule has 13 nitrogen and oxygen atoms in total. The van der Waals surface area contributed by atoms with Crippen molar-refractivity contribution in [1.29, 1.82) is 0 Å². The van der Waals surface area contributed by atoms with Crippen molar-refractivity contribution in [3.63, 3.8) is 0 Å². The molecule has 6 amide bonds. The van der Waals surface area contributed by atoms with Crippen LogP contribution >= 0.6 is 0 Å². The summed E-state index contributed by atoms with van der Waals surface area (Å²) in [6, 6.07) is 6.45. The minimum absolute atomic E-state index is 0.0525. The average Bonchev–Trinajstić information content (AvgIpc) is 3.35. The molecule has 3 rings (SSSR count). The van der Waals surface area contributed by atoms with Crippen LogP contribution in [-0.4, -0.2) is 103 Å². The highest BCUT2D eigenvalue weighted by Crippen LogP contribution is 2.09. The summed E-state index contributed by atoms with van der Waals surface area (Å²) in [7, 11) is 0. The van der Waals surface area contributed by atoms with Crippen LogP contribution in [-0.2, 0) is 35.1 Å². The zero-order valence-electron chi connectivity index (χ0n) is 24.5. The number of hydrogen-bond acceptors (Lipinski definition) is 7. The molecule has 230 valence electrons. The first kappa shape index (κ1) is 32.4. The largest absolute Gasteiger partial charge is 0.448 e. The lowest BCUT2D eigenvalue weighted by molar-refractivity contribution is -0.134. The Hall–Kier alpha value is -4.16. The number of nitrogens with zero attached hydrogens (tertiary/aromatic N) is 2. The lowest BCUT2D eigenvalue weighted by Gasteiger charge is -2.27. The second-order valence-corrected chi connectivity index (χ2v) is 10.9. The highest BCUT2D eigenvalue weighted by molar-refractivity contribution is 5.94. The summed E-state index contributed by atoms with van der Waals surface area (Å²) < 4.78 is 4.92. The molecule has 1 aromatic rings. The minimum atomic E-state index is -0.951. The van der Waals surface area contributed by atoms with Gasteiger partial charge in [-0.3, -0.25) is 28.9 Å². The van der Waals surface area contributed by atoms with Crippen LogP contribution in [0.3, 0.4) is 0 Å². The van der Waals surface area contributed by atoms with E-state index in [0.717, 1.165) is 5.56 Å². The number of rotatable bonds is 5. The fourth-order valence-electron chi connectivity index (χ4n) is 4.73. The standard InChI is InChI=1S/C29H42N6O7/c1-19(2)25-28(40)30-12-8-14-34(24(37)18-35-15-16-42-29(35)41)13-7-11-23(36)32-22(17-21-9-5-4-6-10-21)27(39)31-20(3)26(38)33-25/h4-6,9-10,19-20,22,25H,7-8,11-18H2,1-3H3,(H,30,40)(H,31,39)(H,32,36)(H,33,38)/t20-,22+,25-/m1/s1. The minimum Gasteiger partial charge on any atom is -0.448 e. The fourth-order valence-corrected chi connectivity index (χ4v) is 4.73. The Morgan fingerprint density at radius 2 is 1.64 bits per heavy atom. The van der Waals surface area contributed by atoms with E-state index in [1.165, 1.54) is 11.8 Å². The quantitative estimate of drug-likeness (QED) is 0.375. The van der Waals surface area contributed by atoms with Crippen molar-refractivity contribution in [3.05, 3.63) is 35.9 Å². The summed E-state index contributed by atoms with van der Waals surface area (Å²) in [5.74, 6) is -2.32. The molecule has 2 aliphatic rings. The molecule has 3 atom stereocenters. The van der Waals surface area contributed by atoms with Gasteiger partial charge in [-0.05, 0) is 31.2 Å². The maximum atomic E-state index is 13.2. The van der Waals surface area contributed by atoms with Gasteiger partial charge in [0.25, 0.3) is 0 Å². The summed E-state index contributed by atoms with van der Waals surface area (Å²) >= 11 is 0. The van der Waals surface area contributed by atoms with E-state index in [9.17, 15) is 28.8 Å². The lowest BCUT2D eigenvalue weighted by Crippen LogP contribution is -2.57. The van der Waals surface area contributed by atoms with Crippen LogP contribution in [0.25, 0.3) is 0 Å². The zero-order valence-corrected chi connectivity index (χ0v) is 24.5. The van der Waals surface area contributed by atoms with Crippen molar-refractivity contribution in [2.24, 2.45) is 5.92 Å². The Morgan fingerprint density at radius 1 is 0.929 bits per heavy atom. The van der Waals surface area contributed by atoms with E-state index in [4.69, 9.17) is 4.74 Å². The molecule has 0 bridgehead atoms. The van der Waals surface area contributed by atoms with Crippen LogP contribution in [0.2, 0.25) is 0 Å². The zero-order chi connectivity index (χ0) is 30.6. The van der Waals surface area contributed by atoms with Crippen molar-refractivity contribution in [1.82, 2.24) is 31.1 Å². The predicted molar refractivity (Wildman–Crippen MR) is 153 cm³/mol. The first-order valence-electron chi connectivity index (χ1n) is 14.5. The molecule has 0 aromatic heterocycles. The molecule has 2 heterocycles. The van der Waals surface area contributed by atoms with Gasteiger partial charge in [0.15, 0.2) is 0 Å². The number of benzene rings is 1. The maximum absolute atomic E-state index is 13.2. The van der Waals surface area contributed by atoms with Crippen LogP contribution in [0.4, 0.5) is 4.79 Å². The van der Waals surface area contributed by atoms with Crippen LogP contribution in [0.1, 0.15) is 45.6 Å². The smallest absolute Gasteiger partial charge is 0.410 e. The highest BCUT2D eigenvalue weighted by Gasteiger charge is 2.30. The van der Waals surface area contributed by atoms with Gasteiger partial charge in [-0.2, -0.15) is 0 Å². The van der Waals surface area contributed by atoms with Crippen molar-refractivity contribution < 1.29 is 33.5 Å². The lowest BCUT2D eigenvalue weighted by atomic mass is 10.0. The molecule has 0 aliphatic carbocycles. The molecular formula is C29H42N6O7. The Balaban J connectivity index is 1.77. The summed E-state index contributed by atoms with van der Waals surface area (Å²) in [6.07, 6.45) is 0.466. The Kier molecular flexibility index (Phi) is 12.1. The molecule has 4 N–H and O–H groups in total.